The number of esters is 2. The summed E-state index contributed by atoms with van der Waals surface area (Å²) in [7, 11) is 0.382. The predicted octanol–water partition coefficient (Wildman–Crippen LogP) is -0.00450. The van der Waals surface area contributed by atoms with Crippen molar-refractivity contribution in [1.82, 2.24) is 0 Å². The van der Waals surface area contributed by atoms with Gasteiger partial charge in [-0.1, -0.05) is 6.08 Å². The van der Waals surface area contributed by atoms with Gasteiger partial charge >= 0.3 is 19.1 Å². The van der Waals surface area contributed by atoms with E-state index in [9.17, 15) is 24.0 Å². The number of hydrogen-bond acceptors (Lipinski definition) is 7. The van der Waals surface area contributed by atoms with Crippen LogP contribution in [0.2, 0.25) is 0 Å². The summed E-state index contributed by atoms with van der Waals surface area (Å²) < 4.78 is 23.3. The van der Waals surface area contributed by atoms with E-state index in [2.05, 4.69) is 4.74 Å². The largest absolute Gasteiger partial charge is 0.488 e. The van der Waals surface area contributed by atoms with E-state index in [0.29, 0.717) is 0 Å². The molecular formula is C16H15BFNO6. The van der Waals surface area contributed by atoms with Crippen LogP contribution in [0.3, 0.4) is 0 Å². The van der Waals surface area contributed by atoms with Crippen LogP contribution in [0.1, 0.15) is 0 Å². The molecule has 2 rings (SSSR count). The van der Waals surface area contributed by atoms with Crippen LogP contribution in [0.4, 0.5) is 10.1 Å². The molecule has 0 radical (unpaired) electrons. The Balaban J connectivity index is 2.69. The Kier molecular flexibility index (Phi) is 5.73. The Hall–Kier alpha value is -2.91. The Labute approximate surface area is 143 Å². The van der Waals surface area contributed by atoms with Gasteiger partial charge in [0.1, 0.15) is 11.5 Å². The summed E-state index contributed by atoms with van der Waals surface area (Å²) in [5.41, 5.74) is -0.340. The van der Waals surface area contributed by atoms with Gasteiger partial charge in [-0.15, -0.1) is 0 Å². The van der Waals surface area contributed by atoms with E-state index in [-0.39, 0.29) is 22.4 Å². The fourth-order valence-electron chi connectivity index (χ4n) is 2.25. The molecule has 1 aromatic carbocycles. The second-order valence-corrected chi connectivity index (χ2v) is 4.93. The fourth-order valence-corrected chi connectivity index (χ4v) is 2.25. The molecule has 0 saturated heterocycles. The molecule has 1 aromatic rings. The standard InChI is InChI=1S/C16H15BFNO6/c1-24-15(20)13-5-3-4-6-19(14(13)16(21)25-2)12-8-10(17(22)23)7-11(18)9-12/h3-9,22-23H,1-2H3. The summed E-state index contributed by atoms with van der Waals surface area (Å²) >= 11 is 0. The first-order chi connectivity index (χ1) is 11.9. The average molecular weight is 347 g/mol. The Morgan fingerprint density at radius 1 is 1.08 bits per heavy atom. The second kappa shape index (κ2) is 7.78. The molecule has 0 fully saturated rings. The number of benzene rings is 1. The number of methoxy groups -OCH3 is 2. The first-order valence-corrected chi connectivity index (χ1v) is 7.10. The molecule has 1 aliphatic rings. The minimum Gasteiger partial charge on any atom is -0.465 e. The maximum Gasteiger partial charge on any atom is 0.488 e. The summed E-state index contributed by atoms with van der Waals surface area (Å²) in [6, 6.07) is 3.28. The normalized spacial score (nSPS) is 13.6. The molecule has 1 aliphatic heterocycles. The molecule has 0 spiro atoms. The molecule has 0 amide bonds. The molecule has 7 nitrogen and oxygen atoms in total. The van der Waals surface area contributed by atoms with Gasteiger partial charge in [0, 0.05) is 11.9 Å². The first kappa shape index (κ1) is 18.4. The van der Waals surface area contributed by atoms with E-state index in [1.54, 1.807) is 0 Å². The molecule has 0 bridgehead atoms. The third-order valence-corrected chi connectivity index (χ3v) is 3.37. The Morgan fingerprint density at radius 2 is 1.76 bits per heavy atom. The van der Waals surface area contributed by atoms with Crippen LogP contribution in [0.25, 0.3) is 0 Å². The first-order valence-electron chi connectivity index (χ1n) is 7.10. The molecule has 9 heteroatoms. The number of allylic oxidation sites excluding steroid dienone is 2. The van der Waals surface area contributed by atoms with Gasteiger partial charge in [0.15, 0.2) is 0 Å². The van der Waals surface area contributed by atoms with Gasteiger partial charge in [-0.3, -0.25) is 0 Å². The smallest absolute Gasteiger partial charge is 0.465 e. The molecule has 0 atom stereocenters. The number of nitrogens with zero attached hydrogens (tertiary/aromatic N) is 1. The minimum absolute atomic E-state index is 0.0878. The summed E-state index contributed by atoms with van der Waals surface area (Å²) in [4.78, 5) is 25.5. The monoisotopic (exact) mass is 347 g/mol. The molecule has 25 heavy (non-hydrogen) atoms. The molecular weight excluding hydrogens is 332 g/mol. The average Bonchev–Trinajstić information content (AvgIpc) is 2.82. The highest BCUT2D eigenvalue weighted by Gasteiger charge is 2.28. The molecule has 0 saturated carbocycles. The quantitative estimate of drug-likeness (QED) is 0.584. The fraction of sp³-hybridized carbons (Fsp3) is 0.125. The minimum atomic E-state index is -1.91. The molecule has 0 aromatic heterocycles. The van der Waals surface area contributed by atoms with Crippen molar-refractivity contribution in [3.8, 4) is 0 Å². The molecule has 0 aliphatic carbocycles. The maximum absolute atomic E-state index is 13.9. The number of rotatable bonds is 4. The lowest BCUT2D eigenvalue weighted by Gasteiger charge is -2.23. The summed E-state index contributed by atoms with van der Waals surface area (Å²) in [6.07, 6.45) is 5.77. The lowest BCUT2D eigenvalue weighted by Crippen LogP contribution is -2.32. The van der Waals surface area contributed by atoms with Crippen molar-refractivity contribution in [1.29, 1.82) is 0 Å². The van der Waals surface area contributed by atoms with Gasteiger partial charge in [-0.2, -0.15) is 0 Å². The highest BCUT2D eigenvalue weighted by Crippen LogP contribution is 2.26. The topological polar surface area (TPSA) is 96.3 Å². The van der Waals surface area contributed by atoms with Gasteiger partial charge in [0.25, 0.3) is 0 Å². The lowest BCUT2D eigenvalue weighted by molar-refractivity contribution is -0.139. The lowest BCUT2D eigenvalue weighted by atomic mass is 9.80. The third kappa shape index (κ3) is 3.96. The van der Waals surface area contributed by atoms with Crippen LogP contribution in [-0.2, 0) is 19.1 Å². The zero-order chi connectivity index (χ0) is 18.6. The van der Waals surface area contributed by atoms with E-state index in [4.69, 9.17) is 4.74 Å². The van der Waals surface area contributed by atoms with Crippen LogP contribution in [0, 0.1) is 5.82 Å². The van der Waals surface area contributed by atoms with Gasteiger partial charge in [0.2, 0.25) is 0 Å². The number of hydrogen-bond donors (Lipinski definition) is 2. The van der Waals surface area contributed by atoms with Crippen molar-refractivity contribution in [2.24, 2.45) is 0 Å². The van der Waals surface area contributed by atoms with E-state index in [0.717, 1.165) is 26.4 Å². The van der Waals surface area contributed by atoms with Crippen molar-refractivity contribution in [2.75, 3.05) is 19.1 Å². The molecule has 130 valence electrons. The van der Waals surface area contributed by atoms with E-state index in [1.165, 1.54) is 35.4 Å². The Bertz CT molecular complexity index is 787. The summed E-state index contributed by atoms with van der Waals surface area (Å²) in [5, 5.41) is 18.6. The molecule has 0 unspecified atom stereocenters. The van der Waals surface area contributed by atoms with Gasteiger partial charge in [-0.25, -0.2) is 14.0 Å². The maximum atomic E-state index is 13.9. The SMILES string of the molecule is COC(=O)C1=C(C(=O)OC)N(c2cc(F)cc(B(O)O)c2)C=CC=C1. The van der Waals surface area contributed by atoms with Crippen LogP contribution in [0.15, 0.2) is 53.9 Å². The van der Waals surface area contributed by atoms with Gasteiger partial charge in [-0.05, 0) is 35.8 Å². The highest BCUT2D eigenvalue weighted by molar-refractivity contribution is 6.58. The second-order valence-electron chi connectivity index (χ2n) is 4.93. The Morgan fingerprint density at radius 3 is 2.36 bits per heavy atom. The zero-order valence-corrected chi connectivity index (χ0v) is 13.5. The van der Waals surface area contributed by atoms with E-state index >= 15 is 0 Å². The number of anilines is 1. The summed E-state index contributed by atoms with van der Waals surface area (Å²) in [5.74, 6) is -2.40. The number of ether oxygens (including phenoxy) is 2. The van der Waals surface area contributed by atoms with E-state index in [1.807, 2.05) is 0 Å². The van der Waals surface area contributed by atoms with Crippen molar-refractivity contribution in [2.45, 2.75) is 0 Å². The van der Waals surface area contributed by atoms with Crippen molar-refractivity contribution < 1.29 is 33.5 Å². The number of halogens is 1. The van der Waals surface area contributed by atoms with Gasteiger partial charge in [0.05, 0.1) is 19.8 Å². The van der Waals surface area contributed by atoms with Crippen molar-refractivity contribution >= 4 is 30.2 Å². The van der Waals surface area contributed by atoms with Crippen LogP contribution in [-0.4, -0.2) is 43.3 Å². The number of carbonyl (C=O) groups excluding carboxylic acids is 2. The molecule has 2 N–H and O–H groups in total. The van der Waals surface area contributed by atoms with Crippen molar-refractivity contribution in [3.63, 3.8) is 0 Å². The zero-order valence-electron chi connectivity index (χ0n) is 13.5. The number of carbonyl (C=O) groups is 2. The predicted molar refractivity (Wildman–Crippen MR) is 88.0 cm³/mol. The third-order valence-electron chi connectivity index (χ3n) is 3.37. The van der Waals surface area contributed by atoms with Crippen molar-refractivity contribution in [3.05, 3.63) is 59.7 Å². The summed E-state index contributed by atoms with van der Waals surface area (Å²) in [6.45, 7) is 0. The van der Waals surface area contributed by atoms with Gasteiger partial charge < -0.3 is 24.4 Å². The van der Waals surface area contributed by atoms with Crippen LogP contribution < -0.4 is 10.4 Å². The highest BCUT2D eigenvalue weighted by atomic mass is 19.1. The van der Waals surface area contributed by atoms with Crippen LogP contribution in [0.5, 0.6) is 0 Å². The van der Waals surface area contributed by atoms with Crippen LogP contribution >= 0.6 is 0 Å². The molecule has 1 heterocycles. The van der Waals surface area contributed by atoms with E-state index < -0.39 is 24.9 Å².